The van der Waals surface area contributed by atoms with Crippen LogP contribution >= 0.6 is 16.6 Å². The predicted octanol–water partition coefficient (Wildman–Crippen LogP) is 2.59. The van der Waals surface area contributed by atoms with Gasteiger partial charge in [0.05, 0.1) is 4.92 Å². The molecule has 0 bridgehead atoms. The molecule has 1 aromatic rings. The molecule has 0 atom stereocenters. The van der Waals surface area contributed by atoms with Gasteiger partial charge in [0, 0.05) is 12.1 Å². The van der Waals surface area contributed by atoms with Crippen LogP contribution in [-0.2, 0) is 0 Å². The van der Waals surface area contributed by atoms with E-state index in [1.165, 1.54) is 12.1 Å². The number of benzene rings is 1. The summed E-state index contributed by atoms with van der Waals surface area (Å²) >= 11 is -0.972. The summed E-state index contributed by atoms with van der Waals surface area (Å²) in [5, 5.41) is 10.0. The molecule has 12 heavy (non-hydrogen) atoms. The minimum absolute atomic E-state index is 0.137. The number of nitrogens with zero attached hydrogens (tertiary/aromatic N) is 1. The van der Waals surface area contributed by atoms with E-state index in [1.54, 1.807) is 18.2 Å². The number of para-hydroxylation sites is 1. The van der Waals surface area contributed by atoms with Crippen molar-refractivity contribution in [2.75, 3.05) is 0 Å². The van der Waals surface area contributed by atoms with Gasteiger partial charge in [0.1, 0.15) is 0 Å². The molecule has 0 spiro atoms. The third kappa shape index (κ3) is 5.73. The number of rotatable bonds is 1. The van der Waals surface area contributed by atoms with Crippen molar-refractivity contribution < 1.29 is 4.92 Å². The Labute approximate surface area is 89.0 Å². The molecular weight excluding hydrogens is 396 g/mol. The number of nitro benzene ring substituents is 1. The number of halogens is 2. The quantitative estimate of drug-likeness (QED) is 0.413. The Morgan fingerprint density at radius 1 is 1.25 bits per heavy atom. The molecule has 0 aliphatic carbocycles. The summed E-state index contributed by atoms with van der Waals surface area (Å²) in [6.07, 6.45) is 0. The summed E-state index contributed by atoms with van der Waals surface area (Å²) in [4.78, 5) is 9.59. The van der Waals surface area contributed by atoms with Crippen LogP contribution in [0.2, 0.25) is 0 Å². The van der Waals surface area contributed by atoms with E-state index in [4.69, 9.17) is 16.6 Å². The minimum atomic E-state index is -0.972. The van der Waals surface area contributed by atoms with Crippen LogP contribution in [-0.4, -0.2) is 26.7 Å². The second-order valence-electron chi connectivity index (χ2n) is 1.66. The molecule has 3 nitrogen and oxygen atoms in total. The summed E-state index contributed by atoms with van der Waals surface area (Å²) in [5.41, 5.74) is 0.137. The van der Waals surface area contributed by atoms with Gasteiger partial charge in [-0.25, -0.2) is 0 Å². The first kappa shape index (κ1) is 12.1. The maximum atomic E-state index is 10.0. The molecular formula is C6H5Cl2NO2Pb. The number of hydrogen-bond donors (Lipinski definition) is 0. The molecule has 0 amide bonds. The van der Waals surface area contributed by atoms with Gasteiger partial charge >= 0.3 is 38.4 Å². The van der Waals surface area contributed by atoms with Crippen LogP contribution in [0.5, 0.6) is 0 Å². The average molecular weight is 401 g/mol. The summed E-state index contributed by atoms with van der Waals surface area (Å²) < 4.78 is 0. The van der Waals surface area contributed by atoms with Gasteiger partial charge in [0.2, 0.25) is 0 Å². The van der Waals surface area contributed by atoms with Crippen molar-refractivity contribution in [2.24, 2.45) is 0 Å². The van der Waals surface area contributed by atoms with Crippen LogP contribution in [0.15, 0.2) is 30.3 Å². The zero-order valence-corrected chi connectivity index (χ0v) is 11.3. The van der Waals surface area contributed by atoms with Crippen LogP contribution in [0.3, 0.4) is 0 Å². The first-order valence-corrected chi connectivity index (χ1v) is 12.4. The monoisotopic (exact) mass is 401 g/mol. The van der Waals surface area contributed by atoms with Crippen molar-refractivity contribution in [1.29, 1.82) is 0 Å². The molecule has 0 unspecified atom stereocenters. The Morgan fingerprint density at radius 2 is 1.67 bits per heavy atom. The molecule has 0 N–H and O–H groups in total. The van der Waals surface area contributed by atoms with Crippen molar-refractivity contribution in [3.8, 4) is 0 Å². The predicted molar refractivity (Wildman–Crippen MR) is 50.6 cm³/mol. The first-order valence-electron chi connectivity index (χ1n) is 2.88. The number of hydrogen-bond acceptors (Lipinski definition) is 2. The van der Waals surface area contributed by atoms with Crippen LogP contribution in [0.1, 0.15) is 0 Å². The van der Waals surface area contributed by atoms with Gasteiger partial charge < -0.3 is 0 Å². The van der Waals surface area contributed by atoms with E-state index in [1.807, 2.05) is 0 Å². The van der Waals surface area contributed by atoms with Crippen LogP contribution in [0.25, 0.3) is 0 Å². The van der Waals surface area contributed by atoms with Gasteiger partial charge in [-0.3, -0.25) is 10.1 Å². The normalized spacial score (nSPS) is 8.17. The van der Waals surface area contributed by atoms with E-state index < -0.39 is 26.7 Å². The number of nitro groups is 1. The second kappa shape index (κ2) is 7.75. The standard InChI is InChI=1S/C6H5NO2.2ClH.Pb/c8-7(9)6-4-2-1-3-5-6;;;/h1-5H;2*1H;/q;;;+2/p-2. The van der Waals surface area contributed by atoms with Gasteiger partial charge in [0.25, 0.3) is 5.69 Å². The maximum absolute atomic E-state index is 10.0. The molecule has 0 heterocycles. The van der Waals surface area contributed by atoms with Gasteiger partial charge in [-0.2, -0.15) is 0 Å². The third-order valence-electron chi connectivity index (χ3n) is 0.967. The van der Waals surface area contributed by atoms with E-state index in [0.717, 1.165) is 0 Å². The zero-order chi connectivity index (χ0) is 9.40. The molecule has 0 aliphatic heterocycles. The fraction of sp³-hybridized carbons (Fsp3) is 0. The Balaban J connectivity index is 0.000000354. The SMILES string of the molecule is O=[N+]([O-])c1ccccc1.[Cl][Pb][Cl]. The summed E-state index contributed by atoms with van der Waals surface area (Å²) in [6.45, 7) is 0. The summed E-state index contributed by atoms with van der Waals surface area (Å²) in [7, 11) is 9.92. The Hall–Kier alpha value is 0.122. The Bertz CT molecular complexity index is 232. The molecule has 0 saturated heterocycles. The molecule has 6 heteroatoms. The summed E-state index contributed by atoms with van der Waals surface area (Å²) in [6, 6.07) is 7.93. The van der Waals surface area contributed by atoms with E-state index >= 15 is 0 Å². The third-order valence-corrected chi connectivity index (χ3v) is 0.967. The van der Waals surface area contributed by atoms with Crippen molar-refractivity contribution >= 4 is 44.1 Å². The molecule has 0 fully saturated rings. The van der Waals surface area contributed by atoms with E-state index in [2.05, 4.69) is 0 Å². The molecule has 1 rings (SSSR count). The van der Waals surface area contributed by atoms with Crippen LogP contribution in [0, 0.1) is 10.1 Å². The van der Waals surface area contributed by atoms with Crippen LogP contribution < -0.4 is 0 Å². The van der Waals surface area contributed by atoms with Crippen molar-refractivity contribution in [3.63, 3.8) is 0 Å². The topological polar surface area (TPSA) is 43.1 Å². The van der Waals surface area contributed by atoms with Gasteiger partial charge in [0.15, 0.2) is 0 Å². The van der Waals surface area contributed by atoms with Crippen molar-refractivity contribution in [2.45, 2.75) is 0 Å². The molecule has 2 radical (unpaired) electrons. The molecule has 0 aliphatic rings. The average Bonchev–Trinajstić information content (AvgIpc) is 2.07. The molecule has 1 aromatic carbocycles. The first-order chi connectivity index (χ1) is 5.72. The molecule has 64 valence electrons. The van der Waals surface area contributed by atoms with Crippen molar-refractivity contribution in [1.82, 2.24) is 0 Å². The zero-order valence-electron chi connectivity index (χ0n) is 5.91. The fourth-order valence-electron chi connectivity index (χ4n) is 0.550. The fourth-order valence-corrected chi connectivity index (χ4v) is 0.550. The Kier molecular flexibility index (Phi) is 7.83. The van der Waals surface area contributed by atoms with Crippen molar-refractivity contribution in [3.05, 3.63) is 40.4 Å². The molecule has 0 saturated carbocycles. The van der Waals surface area contributed by atoms with Gasteiger partial charge in [-0.05, 0) is 0 Å². The van der Waals surface area contributed by atoms with Gasteiger partial charge in [-0.1, -0.05) is 18.2 Å². The molecule has 0 aromatic heterocycles. The van der Waals surface area contributed by atoms with E-state index in [-0.39, 0.29) is 5.69 Å². The summed E-state index contributed by atoms with van der Waals surface area (Å²) in [5.74, 6) is 0. The van der Waals surface area contributed by atoms with E-state index in [0.29, 0.717) is 0 Å². The van der Waals surface area contributed by atoms with E-state index in [9.17, 15) is 10.1 Å². The Morgan fingerprint density at radius 3 is 1.92 bits per heavy atom. The van der Waals surface area contributed by atoms with Crippen LogP contribution in [0.4, 0.5) is 5.69 Å². The number of non-ortho nitro benzene ring substituents is 1. The second-order valence-corrected chi connectivity index (χ2v) is 7.23. The van der Waals surface area contributed by atoms with Gasteiger partial charge in [-0.15, -0.1) is 0 Å².